The number of likely N-dealkylation sites (N-methyl/N-ethyl adjacent to an activating group) is 1. The van der Waals surface area contributed by atoms with Crippen LogP contribution in [0.15, 0.2) is 24.3 Å². The molecule has 2 saturated heterocycles. The van der Waals surface area contributed by atoms with Crippen LogP contribution in [0.2, 0.25) is 0 Å². The standard InChI is InChI=1S/C19H28N2O2/c1-19-12-8-13-20(2)17(19)11-6-7-14-21(19)18(22)15-9-4-5-10-16(15)23-3/h4-5,9-10,17H,6-8,11-14H2,1-3H3/t17-,19-/m0/s1. The van der Waals surface area contributed by atoms with Crippen molar-refractivity contribution in [1.82, 2.24) is 9.80 Å². The topological polar surface area (TPSA) is 32.8 Å². The van der Waals surface area contributed by atoms with Crippen molar-refractivity contribution in [2.24, 2.45) is 0 Å². The van der Waals surface area contributed by atoms with Crippen LogP contribution in [0.3, 0.4) is 0 Å². The number of fused-ring (bicyclic) bond motifs is 1. The largest absolute Gasteiger partial charge is 0.496 e. The van der Waals surface area contributed by atoms with Crippen LogP contribution in [-0.4, -0.2) is 54.5 Å². The fraction of sp³-hybridized carbons (Fsp3) is 0.632. The summed E-state index contributed by atoms with van der Waals surface area (Å²) in [5.41, 5.74) is 0.603. The van der Waals surface area contributed by atoms with Gasteiger partial charge in [-0.1, -0.05) is 18.6 Å². The maximum Gasteiger partial charge on any atom is 0.258 e. The number of amides is 1. The Morgan fingerprint density at radius 3 is 2.78 bits per heavy atom. The van der Waals surface area contributed by atoms with E-state index in [-0.39, 0.29) is 11.4 Å². The predicted molar refractivity (Wildman–Crippen MR) is 91.9 cm³/mol. The second kappa shape index (κ2) is 6.52. The van der Waals surface area contributed by atoms with Gasteiger partial charge < -0.3 is 14.5 Å². The van der Waals surface area contributed by atoms with E-state index in [1.807, 2.05) is 24.3 Å². The molecule has 1 amide bonds. The van der Waals surface area contributed by atoms with Gasteiger partial charge in [0.1, 0.15) is 5.75 Å². The van der Waals surface area contributed by atoms with Crippen molar-refractivity contribution >= 4 is 5.91 Å². The molecule has 0 unspecified atom stereocenters. The van der Waals surface area contributed by atoms with E-state index in [4.69, 9.17) is 4.74 Å². The lowest BCUT2D eigenvalue weighted by Gasteiger charge is -2.51. The van der Waals surface area contributed by atoms with Gasteiger partial charge in [-0.3, -0.25) is 4.79 Å². The van der Waals surface area contributed by atoms with Crippen LogP contribution in [0, 0.1) is 0 Å². The third kappa shape index (κ3) is 2.85. The molecule has 3 rings (SSSR count). The molecule has 2 fully saturated rings. The van der Waals surface area contributed by atoms with Crippen LogP contribution in [0.1, 0.15) is 49.4 Å². The number of rotatable bonds is 2. The van der Waals surface area contributed by atoms with Crippen molar-refractivity contribution in [3.63, 3.8) is 0 Å². The number of nitrogens with zero attached hydrogens (tertiary/aromatic N) is 2. The highest BCUT2D eigenvalue weighted by molar-refractivity contribution is 5.97. The first kappa shape index (κ1) is 16.3. The van der Waals surface area contributed by atoms with Gasteiger partial charge in [-0.15, -0.1) is 0 Å². The zero-order chi connectivity index (χ0) is 16.4. The van der Waals surface area contributed by atoms with Gasteiger partial charge >= 0.3 is 0 Å². The Morgan fingerprint density at radius 2 is 2.00 bits per heavy atom. The molecule has 0 N–H and O–H groups in total. The van der Waals surface area contributed by atoms with Crippen molar-refractivity contribution in [3.05, 3.63) is 29.8 Å². The van der Waals surface area contributed by atoms with E-state index in [9.17, 15) is 4.79 Å². The van der Waals surface area contributed by atoms with E-state index in [1.165, 1.54) is 12.8 Å². The van der Waals surface area contributed by atoms with Crippen LogP contribution in [0.25, 0.3) is 0 Å². The molecular weight excluding hydrogens is 288 g/mol. The predicted octanol–water partition coefficient (Wildman–Crippen LogP) is 3.17. The molecule has 2 atom stereocenters. The van der Waals surface area contributed by atoms with E-state index in [0.717, 1.165) is 32.4 Å². The third-order valence-corrected chi connectivity index (χ3v) is 5.75. The molecular formula is C19H28N2O2. The third-order valence-electron chi connectivity index (χ3n) is 5.75. The first-order valence-corrected chi connectivity index (χ1v) is 8.73. The van der Waals surface area contributed by atoms with Crippen molar-refractivity contribution in [2.45, 2.75) is 50.6 Å². The number of methoxy groups -OCH3 is 1. The summed E-state index contributed by atoms with van der Waals surface area (Å²) in [6.45, 7) is 4.26. The number of para-hydroxylation sites is 1. The molecule has 1 aromatic rings. The Labute approximate surface area is 139 Å². The summed E-state index contributed by atoms with van der Waals surface area (Å²) in [6, 6.07) is 8.05. The zero-order valence-corrected chi connectivity index (χ0v) is 14.5. The first-order valence-electron chi connectivity index (χ1n) is 8.73. The smallest absolute Gasteiger partial charge is 0.258 e. The molecule has 0 radical (unpaired) electrons. The van der Waals surface area contributed by atoms with Crippen LogP contribution < -0.4 is 4.74 Å². The number of hydrogen-bond acceptors (Lipinski definition) is 3. The monoisotopic (exact) mass is 316 g/mol. The quantitative estimate of drug-likeness (QED) is 0.840. The van der Waals surface area contributed by atoms with E-state index >= 15 is 0 Å². The molecule has 23 heavy (non-hydrogen) atoms. The van der Waals surface area contributed by atoms with E-state index in [0.29, 0.717) is 17.4 Å². The summed E-state index contributed by atoms with van der Waals surface area (Å²) in [5.74, 6) is 0.790. The highest BCUT2D eigenvalue weighted by Gasteiger charge is 2.47. The summed E-state index contributed by atoms with van der Waals surface area (Å²) in [7, 11) is 3.84. The fourth-order valence-electron chi connectivity index (χ4n) is 4.49. The molecule has 0 aromatic heterocycles. The minimum absolute atomic E-state index is 0.0819. The maximum atomic E-state index is 13.3. The average molecular weight is 316 g/mol. The molecule has 4 nitrogen and oxygen atoms in total. The van der Waals surface area contributed by atoms with Gasteiger partial charge in [0.2, 0.25) is 0 Å². The van der Waals surface area contributed by atoms with E-state index < -0.39 is 0 Å². The zero-order valence-electron chi connectivity index (χ0n) is 14.5. The molecule has 126 valence electrons. The first-order chi connectivity index (χ1) is 11.1. The molecule has 0 aliphatic carbocycles. The van der Waals surface area contributed by atoms with Crippen LogP contribution in [0.5, 0.6) is 5.75 Å². The normalized spacial score (nSPS) is 28.8. The highest BCUT2D eigenvalue weighted by atomic mass is 16.5. The van der Waals surface area contributed by atoms with E-state index in [1.54, 1.807) is 7.11 Å². The minimum atomic E-state index is -0.0819. The number of carbonyl (C=O) groups is 1. The number of benzene rings is 1. The number of piperidine rings is 1. The Bertz CT molecular complexity index is 574. The van der Waals surface area contributed by atoms with E-state index in [2.05, 4.69) is 23.8 Å². The number of hydrogen-bond donors (Lipinski definition) is 0. The molecule has 1 aromatic carbocycles. The SMILES string of the molecule is COc1ccccc1C(=O)N1CCCC[C@@H]2N(C)CCC[C@@]21C. The van der Waals surface area contributed by atoms with Crippen molar-refractivity contribution in [3.8, 4) is 5.75 Å². The fourth-order valence-corrected chi connectivity index (χ4v) is 4.49. The van der Waals surface area contributed by atoms with Crippen molar-refractivity contribution in [1.29, 1.82) is 0 Å². The molecule has 2 heterocycles. The number of carbonyl (C=O) groups excluding carboxylic acids is 1. The molecule has 0 spiro atoms. The van der Waals surface area contributed by atoms with Gasteiger partial charge in [-0.05, 0) is 58.3 Å². The van der Waals surface area contributed by atoms with Gasteiger partial charge in [-0.25, -0.2) is 0 Å². The number of ether oxygens (including phenoxy) is 1. The summed E-state index contributed by atoms with van der Waals surface area (Å²) in [6.07, 6.45) is 5.70. The van der Waals surface area contributed by atoms with Crippen molar-refractivity contribution in [2.75, 3.05) is 27.2 Å². The molecule has 0 saturated carbocycles. The van der Waals surface area contributed by atoms with Gasteiger partial charge in [0.05, 0.1) is 18.2 Å². The lowest BCUT2D eigenvalue weighted by Crippen LogP contribution is -2.63. The average Bonchev–Trinajstić information content (AvgIpc) is 2.73. The van der Waals surface area contributed by atoms with Gasteiger partial charge in [0.15, 0.2) is 0 Å². The van der Waals surface area contributed by atoms with Crippen molar-refractivity contribution < 1.29 is 9.53 Å². The Balaban J connectivity index is 1.97. The Morgan fingerprint density at radius 1 is 1.22 bits per heavy atom. The molecule has 2 aliphatic heterocycles. The van der Waals surface area contributed by atoms with Gasteiger partial charge in [0.25, 0.3) is 5.91 Å². The summed E-state index contributed by atoms with van der Waals surface area (Å²) >= 11 is 0. The van der Waals surface area contributed by atoms with Crippen LogP contribution >= 0.6 is 0 Å². The van der Waals surface area contributed by atoms with Crippen LogP contribution in [-0.2, 0) is 0 Å². The minimum Gasteiger partial charge on any atom is -0.496 e. The van der Waals surface area contributed by atoms with Gasteiger partial charge in [0, 0.05) is 12.6 Å². The Kier molecular flexibility index (Phi) is 4.62. The number of likely N-dealkylation sites (tertiary alicyclic amines) is 2. The summed E-state index contributed by atoms with van der Waals surface area (Å²) in [4.78, 5) is 17.9. The lowest BCUT2D eigenvalue weighted by atomic mass is 9.80. The summed E-state index contributed by atoms with van der Waals surface area (Å²) < 4.78 is 5.42. The molecule has 2 aliphatic rings. The lowest BCUT2D eigenvalue weighted by molar-refractivity contribution is -0.00396. The summed E-state index contributed by atoms with van der Waals surface area (Å²) in [5, 5.41) is 0. The second-order valence-electron chi connectivity index (χ2n) is 7.11. The second-order valence-corrected chi connectivity index (χ2v) is 7.11. The van der Waals surface area contributed by atoms with Gasteiger partial charge in [-0.2, -0.15) is 0 Å². The highest BCUT2D eigenvalue weighted by Crippen LogP contribution is 2.39. The Hall–Kier alpha value is -1.55. The molecule has 4 heteroatoms. The molecule has 0 bridgehead atoms. The van der Waals surface area contributed by atoms with Crippen LogP contribution in [0.4, 0.5) is 0 Å². The maximum absolute atomic E-state index is 13.3.